The second-order valence-corrected chi connectivity index (χ2v) is 11.0. The Labute approximate surface area is 156 Å². The van der Waals surface area contributed by atoms with Crippen molar-refractivity contribution in [2.45, 2.75) is 9.79 Å². The van der Waals surface area contributed by atoms with Crippen LogP contribution in [-0.2, 0) is 19.7 Å². The third-order valence-electron chi connectivity index (χ3n) is 5.68. The van der Waals surface area contributed by atoms with E-state index in [-0.39, 0.29) is 13.1 Å². The van der Waals surface area contributed by atoms with Crippen LogP contribution in [0.2, 0.25) is 0 Å². The monoisotopic (exact) mass is 398 g/mol. The van der Waals surface area contributed by atoms with Crippen LogP contribution in [0, 0.1) is 0 Å². The molecule has 4 heterocycles. The van der Waals surface area contributed by atoms with Gasteiger partial charge >= 0.3 is 0 Å². The van der Waals surface area contributed by atoms with Gasteiger partial charge in [0.25, 0.3) is 0 Å². The molecule has 0 fully saturated rings. The van der Waals surface area contributed by atoms with Crippen LogP contribution < -0.4 is 0 Å². The minimum Gasteiger partial charge on any atom is -0.347 e. The molecule has 6 rings (SSSR count). The summed E-state index contributed by atoms with van der Waals surface area (Å²) in [5, 5.41) is 0. The van der Waals surface area contributed by atoms with Crippen molar-refractivity contribution in [3.05, 3.63) is 69.5 Å². The van der Waals surface area contributed by atoms with E-state index in [0.29, 0.717) is 48.8 Å². The van der Waals surface area contributed by atoms with E-state index in [1.54, 1.807) is 36.4 Å². The average Bonchev–Trinajstić information content (AvgIpc) is 3.03. The first kappa shape index (κ1) is 15.5. The minimum atomic E-state index is -3.56. The summed E-state index contributed by atoms with van der Waals surface area (Å²) in [6.07, 6.45) is 0. The molecular weight excluding hydrogens is 384 g/mol. The lowest BCUT2D eigenvalue weighted by Gasteiger charge is -2.43. The summed E-state index contributed by atoms with van der Waals surface area (Å²) in [7, 11) is -7.12. The topological polar surface area (TPSA) is 74.8 Å². The molecule has 2 aromatic rings. The molecule has 4 aliphatic rings. The van der Waals surface area contributed by atoms with Gasteiger partial charge in [0.05, 0.1) is 50.8 Å². The molecule has 0 aliphatic carbocycles. The first-order valence-corrected chi connectivity index (χ1v) is 11.5. The summed E-state index contributed by atoms with van der Waals surface area (Å²) in [4.78, 5) is 5.11. The van der Waals surface area contributed by atoms with Gasteiger partial charge in [0, 0.05) is 11.1 Å². The molecule has 0 spiro atoms. The van der Waals surface area contributed by atoms with E-state index < -0.39 is 19.7 Å². The van der Waals surface area contributed by atoms with Crippen LogP contribution in [0.25, 0.3) is 11.4 Å². The standard InChI is InChI=1S/C19H14N2O4S2/c22-26(23)14-7-3-1-5-12(14)18-16(26)9-21-11-20(18)10-17-19(21)13-6-2-4-8-15(13)27(17,24)25/h1-8H,9-11H2. The fourth-order valence-electron chi connectivity index (χ4n) is 4.58. The third kappa shape index (κ3) is 1.70. The quantitative estimate of drug-likeness (QED) is 0.675. The first-order valence-electron chi connectivity index (χ1n) is 8.56. The van der Waals surface area contributed by atoms with Gasteiger partial charge in [-0.05, 0) is 12.1 Å². The smallest absolute Gasteiger partial charge is 0.207 e. The van der Waals surface area contributed by atoms with Gasteiger partial charge in [-0.2, -0.15) is 0 Å². The highest BCUT2D eigenvalue weighted by atomic mass is 32.2. The Kier molecular flexibility index (Phi) is 2.65. The summed E-state index contributed by atoms with van der Waals surface area (Å²) in [5.41, 5.74) is 2.65. The first-order chi connectivity index (χ1) is 12.9. The molecule has 0 N–H and O–H groups in total. The van der Waals surface area contributed by atoms with E-state index in [1.165, 1.54) is 0 Å². The number of rotatable bonds is 0. The largest absolute Gasteiger partial charge is 0.347 e. The Morgan fingerprint density at radius 1 is 0.630 bits per heavy atom. The Hall–Kier alpha value is -2.58. The SMILES string of the molecule is O=S1(=O)C2=C(c3ccccc31)N1CC3=C(c4ccccc4S3(=O)=O)N(C2)C1. The van der Waals surface area contributed by atoms with Crippen LogP contribution in [0.1, 0.15) is 11.1 Å². The Morgan fingerprint density at radius 2 is 1.04 bits per heavy atom. The van der Waals surface area contributed by atoms with Crippen molar-refractivity contribution in [3.8, 4) is 0 Å². The molecule has 136 valence electrons. The Balaban J connectivity index is 1.58. The second-order valence-electron chi connectivity index (χ2n) is 7.08. The molecule has 27 heavy (non-hydrogen) atoms. The maximum absolute atomic E-state index is 13.1. The fraction of sp³-hybridized carbons (Fsp3) is 0.158. The molecule has 4 aliphatic heterocycles. The molecule has 6 nitrogen and oxygen atoms in total. The lowest BCUT2D eigenvalue weighted by molar-refractivity contribution is 0.242. The van der Waals surface area contributed by atoms with Crippen LogP contribution in [0.4, 0.5) is 0 Å². The van der Waals surface area contributed by atoms with Crippen molar-refractivity contribution < 1.29 is 16.8 Å². The van der Waals surface area contributed by atoms with Crippen LogP contribution in [-0.4, -0.2) is 46.4 Å². The van der Waals surface area contributed by atoms with Crippen molar-refractivity contribution in [3.63, 3.8) is 0 Å². The lowest BCUT2D eigenvalue weighted by Crippen LogP contribution is -2.46. The molecular formula is C19H14N2O4S2. The summed E-state index contributed by atoms with van der Waals surface area (Å²) < 4.78 is 52.3. The highest BCUT2D eigenvalue weighted by Gasteiger charge is 2.49. The van der Waals surface area contributed by atoms with Crippen LogP contribution in [0.15, 0.2) is 68.1 Å². The van der Waals surface area contributed by atoms with E-state index in [2.05, 4.69) is 0 Å². The van der Waals surface area contributed by atoms with E-state index in [0.717, 1.165) is 0 Å². The second kappa shape index (κ2) is 4.63. The van der Waals surface area contributed by atoms with Crippen molar-refractivity contribution >= 4 is 31.1 Å². The molecule has 2 bridgehead atoms. The maximum Gasteiger partial charge on any atom is 0.207 e. The van der Waals surface area contributed by atoms with E-state index in [1.807, 2.05) is 21.9 Å². The molecule has 0 saturated carbocycles. The highest BCUT2D eigenvalue weighted by Crippen LogP contribution is 2.50. The number of hydrogen-bond donors (Lipinski definition) is 0. The Bertz CT molecular complexity index is 1230. The molecule has 0 aromatic heterocycles. The van der Waals surface area contributed by atoms with Gasteiger partial charge in [0.1, 0.15) is 0 Å². The Morgan fingerprint density at radius 3 is 1.48 bits per heavy atom. The van der Waals surface area contributed by atoms with Gasteiger partial charge < -0.3 is 9.80 Å². The zero-order valence-corrected chi connectivity index (χ0v) is 15.7. The average molecular weight is 398 g/mol. The zero-order chi connectivity index (χ0) is 18.6. The molecule has 0 amide bonds. The normalized spacial score (nSPS) is 23.1. The van der Waals surface area contributed by atoms with Gasteiger partial charge in [-0.1, -0.05) is 36.4 Å². The van der Waals surface area contributed by atoms with Gasteiger partial charge in [0.15, 0.2) is 0 Å². The zero-order valence-electron chi connectivity index (χ0n) is 14.1. The summed E-state index contributed by atoms with van der Waals surface area (Å²) in [6.45, 7) is 0.850. The summed E-state index contributed by atoms with van der Waals surface area (Å²) in [6, 6.07) is 13.9. The van der Waals surface area contributed by atoms with Crippen molar-refractivity contribution in [1.29, 1.82) is 0 Å². The molecule has 0 atom stereocenters. The summed E-state index contributed by atoms with van der Waals surface area (Å²) >= 11 is 0. The predicted molar refractivity (Wildman–Crippen MR) is 99.4 cm³/mol. The number of hydrogen-bond acceptors (Lipinski definition) is 6. The molecule has 0 saturated heterocycles. The van der Waals surface area contributed by atoms with Gasteiger partial charge in [0.2, 0.25) is 19.7 Å². The predicted octanol–water partition coefficient (Wildman–Crippen LogP) is 1.89. The number of sulfone groups is 2. The fourth-order valence-corrected chi connectivity index (χ4v) is 8.17. The maximum atomic E-state index is 13.1. The van der Waals surface area contributed by atoms with E-state index in [4.69, 9.17) is 0 Å². The number of benzene rings is 2. The minimum absolute atomic E-state index is 0.186. The summed E-state index contributed by atoms with van der Waals surface area (Å²) in [5.74, 6) is 0. The van der Waals surface area contributed by atoms with E-state index in [9.17, 15) is 16.8 Å². The van der Waals surface area contributed by atoms with Crippen molar-refractivity contribution in [1.82, 2.24) is 9.80 Å². The van der Waals surface area contributed by atoms with E-state index >= 15 is 0 Å². The third-order valence-corrected chi connectivity index (χ3v) is 9.50. The molecule has 0 radical (unpaired) electrons. The van der Waals surface area contributed by atoms with Gasteiger partial charge in [-0.15, -0.1) is 0 Å². The lowest BCUT2D eigenvalue weighted by atomic mass is 10.0. The van der Waals surface area contributed by atoms with Crippen LogP contribution in [0.5, 0.6) is 0 Å². The molecule has 2 aromatic carbocycles. The van der Waals surface area contributed by atoms with Gasteiger partial charge in [-0.3, -0.25) is 0 Å². The van der Waals surface area contributed by atoms with Crippen molar-refractivity contribution in [2.75, 3.05) is 19.8 Å². The van der Waals surface area contributed by atoms with Crippen LogP contribution >= 0.6 is 0 Å². The number of nitrogens with zero attached hydrogens (tertiary/aromatic N) is 2. The van der Waals surface area contributed by atoms with Crippen LogP contribution in [0.3, 0.4) is 0 Å². The molecule has 8 heteroatoms. The molecule has 0 unspecified atom stereocenters. The van der Waals surface area contributed by atoms with Gasteiger partial charge in [-0.25, -0.2) is 16.8 Å². The number of fused-ring (bicyclic) bond motifs is 8. The highest BCUT2D eigenvalue weighted by molar-refractivity contribution is 7.96. The van der Waals surface area contributed by atoms with Crippen molar-refractivity contribution in [2.24, 2.45) is 0 Å².